The summed E-state index contributed by atoms with van der Waals surface area (Å²) in [7, 11) is 1.98. The quantitative estimate of drug-likeness (QED) is 0.866. The highest BCUT2D eigenvalue weighted by Gasteiger charge is 2.16. The average molecular weight is 236 g/mol. The third-order valence-electron chi connectivity index (χ3n) is 3.06. The van der Waals surface area contributed by atoms with E-state index in [1.807, 2.05) is 24.0 Å². The van der Waals surface area contributed by atoms with Gasteiger partial charge in [-0.1, -0.05) is 0 Å². The van der Waals surface area contributed by atoms with Crippen molar-refractivity contribution in [3.8, 4) is 0 Å². The summed E-state index contributed by atoms with van der Waals surface area (Å²) in [4.78, 5) is 11.2. The van der Waals surface area contributed by atoms with Crippen LogP contribution in [0.3, 0.4) is 0 Å². The molecule has 0 bridgehead atoms. The molecule has 0 spiro atoms. The SMILES string of the molecule is CC(=O)Cc1cn(C)cc1NC1CCOCC1. The normalized spacial score (nSPS) is 17.1. The highest BCUT2D eigenvalue weighted by atomic mass is 16.5. The van der Waals surface area contributed by atoms with Gasteiger partial charge in [-0.25, -0.2) is 0 Å². The van der Waals surface area contributed by atoms with E-state index in [4.69, 9.17) is 4.74 Å². The number of aromatic nitrogens is 1. The van der Waals surface area contributed by atoms with Gasteiger partial charge in [-0.2, -0.15) is 0 Å². The van der Waals surface area contributed by atoms with E-state index in [-0.39, 0.29) is 5.78 Å². The van der Waals surface area contributed by atoms with Crippen molar-refractivity contribution in [1.82, 2.24) is 4.57 Å². The number of nitrogens with zero attached hydrogens (tertiary/aromatic N) is 1. The summed E-state index contributed by atoms with van der Waals surface area (Å²) in [6, 6.07) is 0.469. The molecular formula is C13H20N2O2. The molecule has 1 N–H and O–H groups in total. The van der Waals surface area contributed by atoms with Gasteiger partial charge in [0.1, 0.15) is 5.78 Å². The van der Waals surface area contributed by atoms with Gasteiger partial charge in [-0.15, -0.1) is 0 Å². The molecule has 4 heteroatoms. The molecule has 0 radical (unpaired) electrons. The van der Waals surface area contributed by atoms with Crippen LogP contribution in [0.1, 0.15) is 25.3 Å². The van der Waals surface area contributed by atoms with Crippen LogP contribution in [0.4, 0.5) is 5.69 Å². The van der Waals surface area contributed by atoms with Crippen molar-refractivity contribution >= 4 is 11.5 Å². The number of nitrogens with one attached hydrogen (secondary N) is 1. The fourth-order valence-electron chi connectivity index (χ4n) is 2.24. The summed E-state index contributed by atoms with van der Waals surface area (Å²) in [5.41, 5.74) is 2.18. The van der Waals surface area contributed by atoms with Crippen molar-refractivity contribution in [1.29, 1.82) is 0 Å². The van der Waals surface area contributed by atoms with Gasteiger partial charge in [0, 0.05) is 50.7 Å². The molecule has 0 amide bonds. The largest absolute Gasteiger partial charge is 0.381 e. The number of anilines is 1. The van der Waals surface area contributed by atoms with Crippen molar-refractivity contribution in [3.63, 3.8) is 0 Å². The van der Waals surface area contributed by atoms with E-state index in [1.54, 1.807) is 6.92 Å². The van der Waals surface area contributed by atoms with Crippen molar-refractivity contribution in [2.24, 2.45) is 7.05 Å². The average Bonchev–Trinajstić information content (AvgIpc) is 2.59. The molecule has 0 aliphatic carbocycles. The Labute approximate surface area is 102 Å². The van der Waals surface area contributed by atoms with Crippen LogP contribution >= 0.6 is 0 Å². The molecule has 2 rings (SSSR count). The Balaban J connectivity index is 2.05. The Hall–Kier alpha value is -1.29. The lowest BCUT2D eigenvalue weighted by molar-refractivity contribution is -0.116. The van der Waals surface area contributed by atoms with Crippen LogP contribution in [0.15, 0.2) is 12.4 Å². The van der Waals surface area contributed by atoms with E-state index in [1.165, 1.54) is 0 Å². The zero-order valence-electron chi connectivity index (χ0n) is 10.5. The van der Waals surface area contributed by atoms with Gasteiger partial charge < -0.3 is 14.6 Å². The van der Waals surface area contributed by atoms with Gasteiger partial charge in [-0.05, 0) is 19.8 Å². The Morgan fingerprint density at radius 1 is 1.47 bits per heavy atom. The molecule has 17 heavy (non-hydrogen) atoms. The lowest BCUT2D eigenvalue weighted by Gasteiger charge is -2.24. The third kappa shape index (κ3) is 3.33. The van der Waals surface area contributed by atoms with Crippen molar-refractivity contribution < 1.29 is 9.53 Å². The molecular weight excluding hydrogens is 216 g/mol. The fraction of sp³-hybridized carbons (Fsp3) is 0.615. The molecule has 0 unspecified atom stereocenters. The molecule has 1 aromatic heterocycles. The zero-order valence-corrected chi connectivity index (χ0v) is 10.5. The van der Waals surface area contributed by atoms with Crippen LogP contribution in [-0.4, -0.2) is 29.6 Å². The summed E-state index contributed by atoms with van der Waals surface area (Å²) in [6.45, 7) is 3.28. The number of Topliss-reactive ketones (excluding diaryl/α,β-unsaturated/α-hetero) is 1. The van der Waals surface area contributed by atoms with E-state index in [2.05, 4.69) is 5.32 Å². The molecule has 1 saturated heterocycles. The Morgan fingerprint density at radius 3 is 2.82 bits per heavy atom. The zero-order chi connectivity index (χ0) is 12.3. The Bertz CT molecular complexity index is 392. The number of rotatable bonds is 4. The lowest BCUT2D eigenvalue weighted by Crippen LogP contribution is -2.28. The van der Waals surface area contributed by atoms with Gasteiger partial charge in [0.25, 0.3) is 0 Å². The minimum absolute atomic E-state index is 0.200. The molecule has 1 aliphatic heterocycles. The molecule has 1 aromatic rings. The molecule has 0 aromatic carbocycles. The van der Waals surface area contributed by atoms with E-state index < -0.39 is 0 Å². The predicted octanol–water partition coefficient (Wildman–Crippen LogP) is 1.75. The molecule has 2 heterocycles. The third-order valence-corrected chi connectivity index (χ3v) is 3.06. The topological polar surface area (TPSA) is 43.3 Å². The highest BCUT2D eigenvalue weighted by molar-refractivity contribution is 5.80. The summed E-state index contributed by atoms with van der Waals surface area (Å²) < 4.78 is 7.34. The van der Waals surface area contributed by atoms with Crippen LogP contribution in [-0.2, 0) is 23.0 Å². The maximum atomic E-state index is 11.2. The van der Waals surface area contributed by atoms with E-state index in [0.717, 1.165) is 37.3 Å². The maximum Gasteiger partial charge on any atom is 0.134 e. The predicted molar refractivity (Wildman–Crippen MR) is 67.3 cm³/mol. The minimum atomic E-state index is 0.200. The second kappa shape index (κ2) is 5.36. The first-order valence-electron chi connectivity index (χ1n) is 6.13. The van der Waals surface area contributed by atoms with Crippen molar-refractivity contribution in [3.05, 3.63) is 18.0 Å². The molecule has 1 aliphatic rings. The number of hydrogen-bond acceptors (Lipinski definition) is 3. The first-order valence-corrected chi connectivity index (χ1v) is 6.13. The van der Waals surface area contributed by atoms with Gasteiger partial charge >= 0.3 is 0 Å². The second-order valence-electron chi connectivity index (χ2n) is 4.77. The van der Waals surface area contributed by atoms with Crippen LogP contribution in [0.25, 0.3) is 0 Å². The number of ether oxygens (including phenoxy) is 1. The first kappa shape index (κ1) is 12.2. The van der Waals surface area contributed by atoms with Gasteiger partial charge in [0.05, 0.1) is 5.69 Å². The van der Waals surface area contributed by atoms with Crippen LogP contribution in [0.2, 0.25) is 0 Å². The number of ketones is 1. The molecule has 0 atom stereocenters. The monoisotopic (exact) mass is 236 g/mol. The number of aryl methyl sites for hydroxylation is 1. The van der Waals surface area contributed by atoms with Crippen LogP contribution in [0.5, 0.6) is 0 Å². The van der Waals surface area contributed by atoms with E-state index >= 15 is 0 Å². The Morgan fingerprint density at radius 2 is 2.18 bits per heavy atom. The number of carbonyl (C=O) groups excluding carboxylic acids is 1. The smallest absolute Gasteiger partial charge is 0.134 e. The first-order chi connectivity index (χ1) is 8.15. The summed E-state index contributed by atoms with van der Waals surface area (Å²) in [5, 5.41) is 3.52. The highest BCUT2D eigenvalue weighted by Crippen LogP contribution is 2.21. The summed E-state index contributed by atoms with van der Waals surface area (Å²) in [5.74, 6) is 0.200. The van der Waals surface area contributed by atoms with Crippen LogP contribution < -0.4 is 5.32 Å². The standard InChI is InChI=1S/C13H20N2O2/c1-10(16)7-11-8-15(2)9-13(11)14-12-3-5-17-6-4-12/h8-9,12,14H,3-7H2,1-2H3. The fourth-order valence-corrected chi connectivity index (χ4v) is 2.24. The molecule has 1 fully saturated rings. The van der Waals surface area contributed by atoms with Gasteiger partial charge in [-0.3, -0.25) is 4.79 Å². The second-order valence-corrected chi connectivity index (χ2v) is 4.77. The van der Waals surface area contributed by atoms with E-state index in [0.29, 0.717) is 12.5 Å². The van der Waals surface area contributed by atoms with Crippen molar-refractivity contribution in [2.75, 3.05) is 18.5 Å². The number of hydrogen-bond donors (Lipinski definition) is 1. The summed E-state index contributed by atoms with van der Waals surface area (Å²) in [6.07, 6.45) is 6.64. The lowest BCUT2D eigenvalue weighted by atomic mass is 10.1. The molecule has 94 valence electrons. The number of carbonyl (C=O) groups is 1. The van der Waals surface area contributed by atoms with E-state index in [9.17, 15) is 4.79 Å². The Kier molecular flexibility index (Phi) is 3.84. The van der Waals surface area contributed by atoms with Gasteiger partial charge in [0.2, 0.25) is 0 Å². The van der Waals surface area contributed by atoms with Crippen LogP contribution in [0, 0.1) is 0 Å². The summed E-state index contributed by atoms with van der Waals surface area (Å²) >= 11 is 0. The van der Waals surface area contributed by atoms with Gasteiger partial charge in [0.15, 0.2) is 0 Å². The minimum Gasteiger partial charge on any atom is -0.381 e. The molecule has 4 nitrogen and oxygen atoms in total. The van der Waals surface area contributed by atoms with Crippen molar-refractivity contribution in [2.45, 2.75) is 32.2 Å². The maximum absolute atomic E-state index is 11.2. The molecule has 0 saturated carbocycles.